The van der Waals surface area contributed by atoms with Gasteiger partial charge in [-0.2, -0.15) is 0 Å². The third-order valence-corrected chi connectivity index (χ3v) is 3.98. The van der Waals surface area contributed by atoms with Gasteiger partial charge in [-0.15, -0.1) is 0 Å². The minimum atomic E-state index is -0.805. The lowest BCUT2D eigenvalue weighted by molar-refractivity contribution is 0.0520. The van der Waals surface area contributed by atoms with E-state index >= 15 is 0 Å². The molecule has 0 radical (unpaired) electrons. The number of ketones is 1. The quantitative estimate of drug-likeness (QED) is 0.850. The highest BCUT2D eigenvalue weighted by molar-refractivity contribution is 6.13. The Morgan fingerprint density at radius 1 is 1.05 bits per heavy atom. The molecule has 0 spiro atoms. The molecule has 3 rings (SSSR count). The lowest BCUT2D eigenvalue weighted by atomic mass is 9.87. The molecule has 0 saturated heterocycles. The number of hydrogen-bond donors (Lipinski definition) is 0. The van der Waals surface area contributed by atoms with Crippen molar-refractivity contribution in [3.8, 4) is 0 Å². The Labute approximate surface area is 125 Å². The van der Waals surface area contributed by atoms with Crippen molar-refractivity contribution in [1.29, 1.82) is 0 Å². The predicted molar refractivity (Wildman–Crippen MR) is 83.3 cm³/mol. The van der Waals surface area contributed by atoms with Crippen LogP contribution in [0.5, 0.6) is 0 Å². The molecule has 0 bridgehead atoms. The topological polar surface area (TPSA) is 29.5 Å². The van der Waals surface area contributed by atoms with Crippen LogP contribution in [0.15, 0.2) is 54.6 Å². The normalized spacial score (nSPS) is 20.7. The van der Waals surface area contributed by atoms with Crippen LogP contribution in [-0.4, -0.2) is 12.4 Å². The van der Waals surface area contributed by atoms with Gasteiger partial charge in [0.25, 0.3) is 0 Å². The summed E-state index contributed by atoms with van der Waals surface area (Å²) >= 11 is 0. The van der Waals surface area contributed by atoms with Gasteiger partial charge in [-0.1, -0.05) is 49.4 Å². The molecule has 3 nitrogen and oxygen atoms in total. The zero-order valence-corrected chi connectivity index (χ0v) is 12.4. The SMILES string of the molecule is CCCON1c2ccccc2C(=O)C1(C)c1ccccc1. The lowest BCUT2D eigenvalue weighted by Crippen LogP contribution is -2.45. The average molecular weight is 281 g/mol. The summed E-state index contributed by atoms with van der Waals surface area (Å²) in [6.07, 6.45) is 0.901. The molecule has 3 heteroatoms. The van der Waals surface area contributed by atoms with Gasteiger partial charge in [0.05, 0.1) is 12.3 Å². The van der Waals surface area contributed by atoms with E-state index in [1.54, 1.807) is 5.06 Å². The average Bonchev–Trinajstić information content (AvgIpc) is 2.76. The number of hydroxylamine groups is 1. The third kappa shape index (κ3) is 2.05. The first-order chi connectivity index (χ1) is 10.2. The maximum Gasteiger partial charge on any atom is 0.197 e. The number of anilines is 1. The van der Waals surface area contributed by atoms with E-state index in [9.17, 15) is 4.79 Å². The molecule has 1 heterocycles. The van der Waals surface area contributed by atoms with Crippen molar-refractivity contribution in [2.24, 2.45) is 0 Å². The largest absolute Gasteiger partial charge is 0.291 e. The number of nitrogens with zero attached hydrogens (tertiary/aromatic N) is 1. The Kier molecular flexibility index (Phi) is 3.52. The van der Waals surface area contributed by atoms with E-state index in [0.29, 0.717) is 6.61 Å². The summed E-state index contributed by atoms with van der Waals surface area (Å²) in [7, 11) is 0. The number of para-hydroxylation sites is 1. The molecular formula is C18H19NO2. The van der Waals surface area contributed by atoms with E-state index in [2.05, 4.69) is 6.92 Å². The molecule has 1 aliphatic heterocycles. The zero-order chi connectivity index (χ0) is 14.9. The van der Waals surface area contributed by atoms with Crippen molar-refractivity contribution in [3.05, 3.63) is 65.7 Å². The van der Waals surface area contributed by atoms with Gasteiger partial charge in [-0.25, -0.2) is 5.06 Å². The predicted octanol–water partition coefficient (Wildman–Crippen LogP) is 3.95. The number of rotatable bonds is 4. The Morgan fingerprint density at radius 2 is 1.71 bits per heavy atom. The van der Waals surface area contributed by atoms with Crippen molar-refractivity contribution in [2.45, 2.75) is 25.8 Å². The fourth-order valence-electron chi connectivity index (χ4n) is 2.83. The molecule has 21 heavy (non-hydrogen) atoms. The molecule has 0 saturated carbocycles. The first-order valence-electron chi connectivity index (χ1n) is 7.32. The summed E-state index contributed by atoms with van der Waals surface area (Å²) in [5, 5.41) is 1.78. The summed E-state index contributed by atoms with van der Waals surface area (Å²) < 4.78 is 0. The monoisotopic (exact) mass is 281 g/mol. The van der Waals surface area contributed by atoms with Crippen LogP contribution in [0.3, 0.4) is 0 Å². The Morgan fingerprint density at radius 3 is 2.43 bits per heavy atom. The summed E-state index contributed by atoms with van der Waals surface area (Å²) in [6.45, 7) is 4.58. The van der Waals surface area contributed by atoms with Gasteiger partial charge in [-0.3, -0.25) is 9.63 Å². The van der Waals surface area contributed by atoms with Crippen LogP contribution in [0.2, 0.25) is 0 Å². The molecule has 1 unspecified atom stereocenters. The van der Waals surface area contributed by atoms with Crippen LogP contribution < -0.4 is 5.06 Å². The number of Topliss-reactive ketones (excluding diaryl/α,β-unsaturated/α-hetero) is 1. The summed E-state index contributed by atoms with van der Waals surface area (Å²) in [4.78, 5) is 18.9. The summed E-state index contributed by atoms with van der Waals surface area (Å²) in [5.74, 6) is 0.0837. The van der Waals surface area contributed by atoms with Gasteiger partial charge in [0.15, 0.2) is 11.3 Å². The van der Waals surface area contributed by atoms with Crippen LogP contribution in [0.25, 0.3) is 0 Å². The molecule has 1 aliphatic rings. The molecule has 108 valence electrons. The number of hydrogen-bond acceptors (Lipinski definition) is 3. The van der Waals surface area contributed by atoms with Gasteiger partial charge in [0.1, 0.15) is 0 Å². The molecule has 2 aromatic rings. The lowest BCUT2D eigenvalue weighted by Gasteiger charge is -2.34. The Bertz CT molecular complexity index is 653. The third-order valence-electron chi connectivity index (χ3n) is 3.98. The highest BCUT2D eigenvalue weighted by atomic mass is 16.7. The molecule has 0 amide bonds. The number of benzene rings is 2. The van der Waals surface area contributed by atoms with E-state index in [1.807, 2.05) is 61.5 Å². The van der Waals surface area contributed by atoms with E-state index in [-0.39, 0.29) is 5.78 Å². The van der Waals surface area contributed by atoms with Crippen molar-refractivity contribution in [3.63, 3.8) is 0 Å². The molecule has 0 aliphatic carbocycles. The second-order valence-electron chi connectivity index (χ2n) is 5.41. The maximum atomic E-state index is 13.0. The van der Waals surface area contributed by atoms with E-state index < -0.39 is 5.54 Å². The van der Waals surface area contributed by atoms with Crippen LogP contribution in [0, 0.1) is 0 Å². The minimum Gasteiger partial charge on any atom is -0.291 e. The van der Waals surface area contributed by atoms with Crippen molar-refractivity contribution in [2.75, 3.05) is 11.7 Å². The van der Waals surface area contributed by atoms with Gasteiger partial charge >= 0.3 is 0 Å². The first-order valence-corrected chi connectivity index (χ1v) is 7.32. The van der Waals surface area contributed by atoms with Crippen LogP contribution in [0.1, 0.15) is 36.2 Å². The molecule has 0 fully saturated rings. The Hall–Kier alpha value is -2.13. The second-order valence-corrected chi connectivity index (χ2v) is 5.41. The number of fused-ring (bicyclic) bond motifs is 1. The smallest absolute Gasteiger partial charge is 0.197 e. The highest BCUT2D eigenvalue weighted by Gasteiger charge is 2.50. The number of carbonyl (C=O) groups is 1. The molecule has 0 N–H and O–H groups in total. The number of carbonyl (C=O) groups excluding carboxylic acids is 1. The summed E-state index contributed by atoms with van der Waals surface area (Å²) in [6, 6.07) is 17.5. The molecule has 2 aromatic carbocycles. The maximum absolute atomic E-state index is 13.0. The van der Waals surface area contributed by atoms with Gasteiger partial charge in [0, 0.05) is 5.56 Å². The van der Waals surface area contributed by atoms with Gasteiger partial charge in [0.2, 0.25) is 0 Å². The fourth-order valence-corrected chi connectivity index (χ4v) is 2.83. The molecular weight excluding hydrogens is 262 g/mol. The molecule has 1 atom stereocenters. The van der Waals surface area contributed by atoms with Gasteiger partial charge < -0.3 is 0 Å². The second kappa shape index (κ2) is 5.34. The van der Waals surface area contributed by atoms with Crippen LogP contribution >= 0.6 is 0 Å². The van der Waals surface area contributed by atoms with E-state index in [0.717, 1.165) is 23.2 Å². The molecule has 0 aromatic heterocycles. The fraction of sp³-hybridized carbons (Fsp3) is 0.278. The van der Waals surface area contributed by atoms with Crippen molar-refractivity contribution < 1.29 is 9.63 Å². The van der Waals surface area contributed by atoms with Gasteiger partial charge in [-0.05, 0) is 31.0 Å². The van der Waals surface area contributed by atoms with Crippen LogP contribution in [-0.2, 0) is 10.4 Å². The van der Waals surface area contributed by atoms with E-state index in [4.69, 9.17) is 4.84 Å². The Balaban J connectivity index is 2.13. The zero-order valence-electron chi connectivity index (χ0n) is 12.4. The first kappa shape index (κ1) is 13.8. The minimum absolute atomic E-state index is 0.0837. The standard InChI is InChI=1S/C18H19NO2/c1-3-13-21-19-16-12-8-7-11-15(16)17(20)18(19,2)14-9-5-4-6-10-14/h4-12H,3,13H2,1-2H3. The van der Waals surface area contributed by atoms with Crippen molar-refractivity contribution in [1.82, 2.24) is 0 Å². The summed E-state index contributed by atoms with van der Waals surface area (Å²) in [5.41, 5.74) is 1.71. The van der Waals surface area contributed by atoms with E-state index in [1.165, 1.54) is 0 Å². The van der Waals surface area contributed by atoms with Crippen molar-refractivity contribution >= 4 is 11.5 Å². The highest BCUT2D eigenvalue weighted by Crippen LogP contribution is 2.44. The van der Waals surface area contributed by atoms with Crippen LogP contribution in [0.4, 0.5) is 5.69 Å².